The second-order valence-corrected chi connectivity index (χ2v) is 6.30. The van der Waals surface area contributed by atoms with Gasteiger partial charge in [-0.15, -0.1) is 0 Å². The van der Waals surface area contributed by atoms with Crippen molar-refractivity contribution >= 4 is 27.3 Å². The van der Waals surface area contributed by atoms with E-state index in [1.165, 1.54) is 18.2 Å². The SMILES string of the molecule is CS(=O)(=O)c1cccc(Nc2ncc(F)cc2C(=O)O)c1. The van der Waals surface area contributed by atoms with Gasteiger partial charge in [0.1, 0.15) is 17.2 Å². The summed E-state index contributed by atoms with van der Waals surface area (Å²) in [6.07, 6.45) is 1.93. The van der Waals surface area contributed by atoms with Gasteiger partial charge in [0.25, 0.3) is 0 Å². The van der Waals surface area contributed by atoms with Crippen LogP contribution in [-0.2, 0) is 9.84 Å². The predicted molar refractivity (Wildman–Crippen MR) is 74.0 cm³/mol. The molecule has 0 aliphatic heterocycles. The van der Waals surface area contributed by atoms with Gasteiger partial charge in [-0.3, -0.25) is 0 Å². The summed E-state index contributed by atoms with van der Waals surface area (Å²) in [5, 5.41) is 11.7. The molecule has 0 unspecified atom stereocenters. The van der Waals surface area contributed by atoms with Crippen LogP contribution in [0.3, 0.4) is 0 Å². The van der Waals surface area contributed by atoms with Crippen molar-refractivity contribution in [2.24, 2.45) is 0 Å². The molecule has 2 aromatic rings. The number of anilines is 2. The normalized spacial score (nSPS) is 11.1. The molecule has 2 N–H and O–H groups in total. The second-order valence-electron chi connectivity index (χ2n) is 4.28. The molecule has 0 saturated heterocycles. The number of hydrogen-bond acceptors (Lipinski definition) is 5. The summed E-state index contributed by atoms with van der Waals surface area (Å²) >= 11 is 0. The highest BCUT2D eigenvalue weighted by atomic mass is 32.2. The van der Waals surface area contributed by atoms with Gasteiger partial charge in [-0.05, 0) is 24.3 Å². The van der Waals surface area contributed by atoms with E-state index < -0.39 is 21.6 Å². The maximum Gasteiger partial charge on any atom is 0.339 e. The van der Waals surface area contributed by atoms with Crippen LogP contribution in [0.25, 0.3) is 0 Å². The third kappa shape index (κ3) is 3.54. The van der Waals surface area contributed by atoms with E-state index in [1.54, 1.807) is 6.07 Å². The molecule has 0 radical (unpaired) electrons. The maximum atomic E-state index is 13.0. The Labute approximate surface area is 120 Å². The number of aromatic carboxylic acids is 1. The standard InChI is InChI=1S/C13H11FN2O4S/c1-21(19,20)10-4-2-3-9(6-10)16-12-11(13(17)18)5-8(14)7-15-12/h2-7H,1H3,(H,15,16)(H,17,18). The Morgan fingerprint density at radius 2 is 2.05 bits per heavy atom. The number of halogens is 1. The summed E-state index contributed by atoms with van der Waals surface area (Å²) in [7, 11) is -3.39. The fraction of sp³-hybridized carbons (Fsp3) is 0.0769. The lowest BCUT2D eigenvalue weighted by Crippen LogP contribution is -2.06. The molecule has 21 heavy (non-hydrogen) atoms. The summed E-state index contributed by atoms with van der Waals surface area (Å²) in [6, 6.07) is 6.63. The van der Waals surface area contributed by atoms with E-state index in [0.29, 0.717) is 5.69 Å². The molecule has 1 heterocycles. The van der Waals surface area contributed by atoms with Crippen molar-refractivity contribution in [1.82, 2.24) is 4.98 Å². The summed E-state index contributed by atoms with van der Waals surface area (Å²) < 4.78 is 36.0. The molecule has 0 aliphatic rings. The minimum Gasteiger partial charge on any atom is -0.478 e. The molecule has 8 heteroatoms. The van der Waals surface area contributed by atoms with Crippen LogP contribution in [0, 0.1) is 5.82 Å². The van der Waals surface area contributed by atoms with Crippen LogP contribution >= 0.6 is 0 Å². The van der Waals surface area contributed by atoms with Crippen molar-refractivity contribution in [1.29, 1.82) is 0 Å². The summed E-state index contributed by atoms with van der Waals surface area (Å²) in [5.74, 6) is -2.19. The Kier molecular flexibility index (Phi) is 3.90. The predicted octanol–water partition coefficient (Wildman–Crippen LogP) is 2.07. The minimum absolute atomic E-state index is 0.0745. The van der Waals surface area contributed by atoms with Crippen molar-refractivity contribution in [2.75, 3.05) is 11.6 Å². The zero-order valence-corrected chi connectivity index (χ0v) is 11.7. The van der Waals surface area contributed by atoms with E-state index in [-0.39, 0.29) is 16.3 Å². The average molecular weight is 310 g/mol. The number of pyridine rings is 1. The number of carbonyl (C=O) groups is 1. The number of carboxylic acid groups (broad SMARTS) is 1. The largest absolute Gasteiger partial charge is 0.478 e. The smallest absolute Gasteiger partial charge is 0.339 e. The lowest BCUT2D eigenvalue weighted by molar-refractivity contribution is 0.0697. The van der Waals surface area contributed by atoms with Gasteiger partial charge in [-0.1, -0.05) is 6.07 Å². The Morgan fingerprint density at radius 3 is 2.67 bits per heavy atom. The van der Waals surface area contributed by atoms with Crippen LogP contribution in [0.15, 0.2) is 41.4 Å². The topological polar surface area (TPSA) is 96.4 Å². The fourth-order valence-electron chi connectivity index (χ4n) is 1.64. The number of sulfone groups is 1. The molecule has 110 valence electrons. The minimum atomic E-state index is -3.39. The number of nitrogens with zero attached hydrogens (tertiary/aromatic N) is 1. The first-order chi connectivity index (χ1) is 9.77. The van der Waals surface area contributed by atoms with Crippen molar-refractivity contribution in [3.63, 3.8) is 0 Å². The van der Waals surface area contributed by atoms with Crippen LogP contribution in [0.4, 0.5) is 15.9 Å². The van der Waals surface area contributed by atoms with Gasteiger partial charge in [0.15, 0.2) is 9.84 Å². The molecule has 0 saturated carbocycles. The first-order valence-electron chi connectivity index (χ1n) is 5.73. The van der Waals surface area contributed by atoms with Crippen LogP contribution < -0.4 is 5.32 Å². The van der Waals surface area contributed by atoms with Gasteiger partial charge < -0.3 is 10.4 Å². The highest BCUT2D eigenvalue weighted by molar-refractivity contribution is 7.90. The van der Waals surface area contributed by atoms with E-state index in [4.69, 9.17) is 5.11 Å². The van der Waals surface area contributed by atoms with Crippen LogP contribution in [0.5, 0.6) is 0 Å². The van der Waals surface area contributed by atoms with Gasteiger partial charge in [0.05, 0.1) is 11.1 Å². The third-order valence-corrected chi connectivity index (χ3v) is 3.72. The van der Waals surface area contributed by atoms with Crippen LogP contribution in [-0.4, -0.2) is 30.7 Å². The van der Waals surface area contributed by atoms with Crippen molar-refractivity contribution in [2.45, 2.75) is 4.90 Å². The zero-order valence-electron chi connectivity index (χ0n) is 10.9. The number of carboxylic acids is 1. The van der Waals surface area contributed by atoms with Crippen molar-refractivity contribution in [3.05, 3.63) is 47.9 Å². The van der Waals surface area contributed by atoms with E-state index in [9.17, 15) is 17.6 Å². The number of rotatable bonds is 4. The second kappa shape index (κ2) is 5.49. The average Bonchev–Trinajstić information content (AvgIpc) is 2.40. The number of aromatic nitrogens is 1. The molecule has 0 amide bonds. The van der Waals surface area contributed by atoms with Gasteiger partial charge in [0, 0.05) is 11.9 Å². The molecular formula is C13H11FN2O4S. The molecule has 0 atom stereocenters. The highest BCUT2D eigenvalue weighted by Crippen LogP contribution is 2.22. The van der Waals surface area contributed by atoms with E-state index >= 15 is 0 Å². The van der Waals surface area contributed by atoms with Gasteiger partial charge in [-0.2, -0.15) is 0 Å². The summed E-state index contributed by atoms with van der Waals surface area (Å²) in [6.45, 7) is 0. The Morgan fingerprint density at radius 1 is 1.33 bits per heavy atom. The molecular weight excluding hydrogens is 299 g/mol. The maximum absolute atomic E-state index is 13.0. The molecule has 2 rings (SSSR count). The molecule has 1 aromatic heterocycles. The summed E-state index contributed by atoms with van der Waals surface area (Å²) in [5.41, 5.74) is -0.0145. The molecule has 0 bridgehead atoms. The Bertz CT molecular complexity index is 806. The number of nitrogens with one attached hydrogen (secondary N) is 1. The quantitative estimate of drug-likeness (QED) is 0.897. The number of hydrogen-bond donors (Lipinski definition) is 2. The first kappa shape index (κ1) is 14.9. The lowest BCUT2D eigenvalue weighted by Gasteiger charge is -2.09. The Balaban J connectivity index is 2.41. The fourth-order valence-corrected chi connectivity index (χ4v) is 2.31. The molecule has 1 aromatic carbocycles. The van der Waals surface area contributed by atoms with Crippen molar-refractivity contribution in [3.8, 4) is 0 Å². The molecule has 6 nitrogen and oxygen atoms in total. The van der Waals surface area contributed by atoms with E-state index in [0.717, 1.165) is 18.5 Å². The van der Waals surface area contributed by atoms with Gasteiger partial charge in [0.2, 0.25) is 0 Å². The zero-order chi connectivity index (χ0) is 15.6. The number of benzene rings is 1. The van der Waals surface area contributed by atoms with Gasteiger partial charge >= 0.3 is 5.97 Å². The summed E-state index contributed by atoms with van der Waals surface area (Å²) in [4.78, 5) is 14.8. The molecule has 0 spiro atoms. The lowest BCUT2D eigenvalue weighted by atomic mass is 10.2. The Hall–Kier alpha value is -2.48. The third-order valence-electron chi connectivity index (χ3n) is 2.61. The molecule has 0 aliphatic carbocycles. The van der Waals surface area contributed by atoms with Gasteiger partial charge in [-0.25, -0.2) is 22.6 Å². The van der Waals surface area contributed by atoms with E-state index in [2.05, 4.69) is 10.3 Å². The van der Waals surface area contributed by atoms with E-state index in [1.807, 2.05) is 0 Å². The van der Waals surface area contributed by atoms with Crippen LogP contribution in [0.1, 0.15) is 10.4 Å². The molecule has 0 fully saturated rings. The van der Waals surface area contributed by atoms with Crippen molar-refractivity contribution < 1.29 is 22.7 Å². The first-order valence-corrected chi connectivity index (χ1v) is 7.62. The highest BCUT2D eigenvalue weighted by Gasteiger charge is 2.14. The van der Waals surface area contributed by atoms with Crippen LogP contribution in [0.2, 0.25) is 0 Å². The monoisotopic (exact) mass is 310 g/mol.